The zero-order valence-corrected chi connectivity index (χ0v) is 12.0. The van der Waals surface area contributed by atoms with Gasteiger partial charge in [-0.2, -0.15) is 0 Å². The first-order valence-electron chi connectivity index (χ1n) is 8.28. The van der Waals surface area contributed by atoms with E-state index in [0.29, 0.717) is 0 Å². The third-order valence-corrected chi connectivity index (χ3v) is 5.61. The molecule has 0 aromatic carbocycles. The van der Waals surface area contributed by atoms with Crippen LogP contribution in [0.1, 0.15) is 45.4 Å². The molecule has 1 aliphatic heterocycles. The van der Waals surface area contributed by atoms with E-state index >= 15 is 0 Å². The molecule has 0 aromatic heterocycles. The Morgan fingerprint density at radius 1 is 1.17 bits per heavy atom. The summed E-state index contributed by atoms with van der Waals surface area (Å²) in [6.07, 6.45) is 8.91. The van der Waals surface area contributed by atoms with E-state index in [1.807, 2.05) is 0 Å². The van der Waals surface area contributed by atoms with E-state index < -0.39 is 0 Å². The van der Waals surface area contributed by atoms with Crippen molar-refractivity contribution in [1.82, 2.24) is 10.2 Å². The first-order valence-corrected chi connectivity index (χ1v) is 8.28. The molecule has 0 aromatic rings. The molecular weight excluding hydrogens is 220 g/mol. The van der Waals surface area contributed by atoms with Crippen LogP contribution in [-0.4, -0.2) is 37.6 Å². The van der Waals surface area contributed by atoms with Crippen molar-refractivity contribution >= 4 is 0 Å². The van der Waals surface area contributed by atoms with Gasteiger partial charge in [-0.15, -0.1) is 0 Å². The van der Waals surface area contributed by atoms with E-state index in [1.54, 1.807) is 25.7 Å². The highest BCUT2D eigenvalue weighted by atomic mass is 15.2. The van der Waals surface area contributed by atoms with Gasteiger partial charge in [0.05, 0.1) is 0 Å². The van der Waals surface area contributed by atoms with Gasteiger partial charge < -0.3 is 10.2 Å². The second-order valence-electron chi connectivity index (χ2n) is 7.05. The summed E-state index contributed by atoms with van der Waals surface area (Å²) < 4.78 is 0. The number of likely N-dealkylation sites (tertiary alicyclic amines) is 1. The lowest BCUT2D eigenvalue weighted by molar-refractivity contribution is 0.214. The highest BCUT2D eigenvalue weighted by Gasteiger charge is 2.40. The van der Waals surface area contributed by atoms with Gasteiger partial charge >= 0.3 is 0 Å². The van der Waals surface area contributed by atoms with Crippen molar-refractivity contribution in [1.29, 1.82) is 0 Å². The molecule has 3 fully saturated rings. The predicted molar refractivity (Wildman–Crippen MR) is 76.6 cm³/mol. The van der Waals surface area contributed by atoms with Crippen LogP contribution in [0.2, 0.25) is 0 Å². The Morgan fingerprint density at radius 3 is 2.83 bits per heavy atom. The van der Waals surface area contributed by atoms with Gasteiger partial charge in [-0.3, -0.25) is 0 Å². The molecule has 2 aliphatic carbocycles. The Hall–Kier alpha value is -0.0800. The zero-order chi connectivity index (χ0) is 12.4. The van der Waals surface area contributed by atoms with Crippen molar-refractivity contribution in [2.45, 2.75) is 45.4 Å². The molecule has 1 saturated heterocycles. The van der Waals surface area contributed by atoms with E-state index in [9.17, 15) is 0 Å². The maximum Gasteiger partial charge on any atom is 0.00224 e. The average Bonchev–Trinajstić information content (AvgIpc) is 3.06. The van der Waals surface area contributed by atoms with Crippen LogP contribution in [0.4, 0.5) is 0 Å². The summed E-state index contributed by atoms with van der Waals surface area (Å²) in [5.41, 5.74) is 0. The Kier molecular flexibility index (Phi) is 4.25. The van der Waals surface area contributed by atoms with Crippen molar-refractivity contribution in [3.8, 4) is 0 Å². The van der Waals surface area contributed by atoms with Crippen LogP contribution >= 0.6 is 0 Å². The molecule has 2 heteroatoms. The van der Waals surface area contributed by atoms with Crippen molar-refractivity contribution < 1.29 is 0 Å². The second-order valence-corrected chi connectivity index (χ2v) is 7.05. The standard InChI is InChI=1S/C16H30N2/c1-2-6-17-10-14-5-7-18(11-14)12-16-9-13-3-4-15(16)8-13/h13-17H,2-12H2,1H3. The Morgan fingerprint density at radius 2 is 2.11 bits per heavy atom. The molecule has 1 heterocycles. The molecule has 4 atom stereocenters. The third-order valence-electron chi connectivity index (χ3n) is 5.61. The summed E-state index contributed by atoms with van der Waals surface area (Å²) in [4.78, 5) is 2.77. The molecular formula is C16H30N2. The fourth-order valence-electron chi connectivity index (χ4n) is 4.66. The van der Waals surface area contributed by atoms with Crippen molar-refractivity contribution in [3.05, 3.63) is 0 Å². The first kappa shape index (κ1) is 12.9. The molecule has 2 saturated carbocycles. The van der Waals surface area contributed by atoms with E-state index in [2.05, 4.69) is 17.1 Å². The lowest BCUT2D eigenvalue weighted by Gasteiger charge is -2.27. The number of fused-ring (bicyclic) bond motifs is 2. The lowest BCUT2D eigenvalue weighted by atomic mass is 9.88. The monoisotopic (exact) mass is 250 g/mol. The molecule has 0 spiro atoms. The van der Waals surface area contributed by atoms with Gasteiger partial charge in [-0.25, -0.2) is 0 Å². The number of hydrogen-bond donors (Lipinski definition) is 1. The summed E-state index contributed by atoms with van der Waals surface area (Å²) in [5.74, 6) is 4.21. The van der Waals surface area contributed by atoms with Crippen LogP contribution in [0, 0.1) is 23.7 Å². The molecule has 2 bridgehead atoms. The van der Waals surface area contributed by atoms with Gasteiger partial charge in [-0.1, -0.05) is 13.3 Å². The van der Waals surface area contributed by atoms with Crippen molar-refractivity contribution in [3.63, 3.8) is 0 Å². The van der Waals surface area contributed by atoms with Crippen LogP contribution in [0.3, 0.4) is 0 Å². The molecule has 104 valence electrons. The first-order chi connectivity index (χ1) is 8.85. The summed E-state index contributed by atoms with van der Waals surface area (Å²) >= 11 is 0. The van der Waals surface area contributed by atoms with E-state index in [-0.39, 0.29) is 0 Å². The topological polar surface area (TPSA) is 15.3 Å². The zero-order valence-electron chi connectivity index (χ0n) is 12.0. The van der Waals surface area contributed by atoms with Crippen molar-refractivity contribution in [2.24, 2.45) is 23.7 Å². The minimum atomic E-state index is 0.926. The van der Waals surface area contributed by atoms with Gasteiger partial charge in [0.15, 0.2) is 0 Å². The van der Waals surface area contributed by atoms with Crippen LogP contribution in [0.25, 0.3) is 0 Å². The molecule has 1 N–H and O–H groups in total. The Balaban J connectivity index is 1.37. The van der Waals surface area contributed by atoms with Gasteiger partial charge in [-0.05, 0) is 75.4 Å². The number of nitrogens with one attached hydrogen (secondary N) is 1. The minimum Gasteiger partial charge on any atom is -0.316 e. The predicted octanol–water partition coefficient (Wildman–Crippen LogP) is 2.74. The highest BCUT2D eigenvalue weighted by Crippen LogP contribution is 2.48. The fraction of sp³-hybridized carbons (Fsp3) is 1.00. The van der Waals surface area contributed by atoms with Crippen LogP contribution in [-0.2, 0) is 0 Å². The second kappa shape index (κ2) is 5.92. The largest absolute Gasteiger partial charge is 0.316 e. The maximum atomic E-state index is 3.59. The van der Waals surface area contributed by atoms with Gasteiger partial charge in [0, 0.05) is 13.1 Å². The normalized spacial score (nSPS) is 39.8. The Bertz CT molecular complexity index is 266. The molecule has 3 aliphatic rings. The molecule has 2 nitrogen and oxygen atoms in total. The maximum absolute atomic E-state index is 3.59. The molecule has 18 heavy (non-hydrogen) atoms. The molecule has 3 rings (SSSR count). The van der Waals surface area contributed by atoms with Gasteiger partial charge in [0.2, 0.25) is 0 Å². The minimum absolute atomic E-state index is 0.926. The fourth-order valence-corrected chi connectivity index (χ4v) is 4.66. The van der Waals surface area contributed by atoms with Crippen LogP contribution in [0.5, 0.6) is 0 Å². The van der Waals surface area contributed by atoms with E-state index in [1.165, 1.54) is 45.6 Å². The highest BCUT2D eigenvalue weighted by molar-refractivity contribution is 4.92. The van der Waals surface area contributed by atoms with Gasteiger partial charge in [0.25, 0.3) is 0 Å². The summed E-state index contributed by atoms with van der Waals surface area (Å²) in [6.45, 7) is 8.86. The van der Waals surface area contributed by atoms with E-state index in [0.717, 1.165) is 23.7 Å². The van der Waals surface area contributed by atoms with Crippen LogP contribution < -0.4 is 5.32 Å². The molecule has 0 amide bonds. The average molecular weight is 250 g/mol. The molecule has 4 unspecified atom stereocenters. The summed E-state index contributed by atoms with van der Waals surface area (Å²) in [5, 5.41) is 3.59. The van der Waals surface area contributed by atoms with Gasteiger partial charge in [0.1, 0.15) is 0 Å². The smallest absolute Gasteiger partial charge is 0.00224 e. The van der Waals surface area contributed by atoms with Crippen molar-refractivity contribution in [2.75, 3.05) is 32.7 Å². The Labute approximate surface area is 113 Å². The lowest BCUT2D eigenvalue weighted by Crippen LogP contribution is -2.31. The quantitative estimate of drug-likeness (QED) is 0.729. The van der Waals surface area contributed by atoms with E-state index in [4.69, 9.17) is 0 Å². The summed E-state index contributed by atoms with van der Waals surface area (Å²) in [7, 11) is 0. The summed E-state index contributed by atoms with van der Waals surface area (Å²) in [6, 6.07) is 0. The number of rotatable bonds is 6. The number of hydrogen-bond acceptors (Lipinski definition) is 2. The molecule has 0 radical (unpaired) electrons. The third kappa shape index (κ3) is 2.91. The van der Waals surface area contributed by atoms with Crippen LogP contribution in [0.15, 0.2) is 0 Å². The number of nitrogens with zero attached hydrogens (tertiary/aromatic N) is 1. The SMILES string of the molecule is CCCNCC1CCN(CC2CC3CCC2C3)C1.